The van der Waals surface area contributed by atoms with Crippen LogP contribution in [0.1, 0.15) is 52.7 Å². The molecule has 0 unspecified atom stereocenters. The molecule has 5 heteroatoms. The summed E-state index contributed by atoms with van der Waals surface area (Å²) >= 11 is 13.8. The number of rotatable bonds is 3. The molecule has 1 aliphatic heterocycles. The van der Waals surface area contributed by atoms with Gasteiger partial charge in [0, 0.05) is 11.1 Å². The maximum atomic E-state index is 13.2. The van der Waals surface area contributed by atoms with Gasteiger partial charge in [0.05, 0.1) is 9.94 Å². The van der Waals surface area contributed by atoms with E-state index in [2.05, 4.69) is 13.0 Å². The predicted molar refractivity (Wildman–Crippen MR) is 116 cm³/mol. The number of thiophene rings is 1. The van der Waals surface area contributed by atoms with Crippen LogP contribution in [0.5, 0.6) is 0 Å². The van der Waals surface area contributed by atoms with Gasteiger partial charge in [-0.15, -0.1) is 11.3 Å². The molecule has 1 aromatic carbocycles. The van der Waals surface area contributed by atoms with Crippen LogP contribution in [0.15, 0.2) is 29.8 Å². The van der Waals surface area contributed by atoms with Crippen molar-refractivity contribution in [3.63, 3.8) is 0 Å². The fourth-order valence-electron chi connectivity index (χ4n) is 3.69. The fourth-order valence-corrected chi connectivity index (χ4v) is 5.20. The summed E-state index contributed by atoms with van der Waals surface area (Å²) in [5, 5.41) is 0. The Morgan fingerprint density at radius 2 is 1.70 bits per heavy atom. The Bertz CT molecular complexity index is 951. The smallest absolute Gasteiger partial charge is 0.194 e. The maximum absolute atomic E-state index is 13.2. The van der Waals surface area contributed by atoms with Crippen molar-refractivity contribution in [1.82, 2.24) is 0 Å². The molecule has 1 aromatic heterocycles. The molecule has 0 bridgehead atoms. The highest BCUT2D eigenvalue weighted by Gasteiger charge is 2.45. The molecule has 0 saturated heterocycles. The van der Waals surface area contributed by atoms with Crippen molar-refractivity contribution < 1.29 is 9.53 Å². The second kappa shape index (κ2) is 7.04. The summed E-state index contributed by atoms with van der Waals surface area (Å²) in [6.07, 6.45) is 0.810. The van der Waals surface area contributed by atoms with Gasteiger partial charge >= 0.3 is 0 Å². The Hall–Kier alpha value is -1.13. The Balaban J connectivity index is 2.19. The Kier molecular flexibility index (Phi) is 5.37. The van der Waals surface area contributed by atoms with Crippen LogP contribution in [-0.2, 0) is 16.0 Å². The van der Waals surface area contributed by atoms with Gasteiger partial charge in [-0.1, -0.05) is 48.3 Å². The topological polar surface area (TPSA) is 26.3 Å². The monoisotopic (exact) mass is 422 g/mol. The van der Waals surface area contributed by atoms with Crippen LogP contribution in [0, 0.1) is 0 Å². The van der Waals surface area contributed by atoms with Crippen LogP contribution in [0.4, 0.5) is 0 Å². The number of aryl methyl sites for hydroxylation is 1. The van der Waals surface area contributed by atoms with Crippen molar-refractivity contribution in [2.75, 3.05) is 0 Å². The van der Waals surface area contributed by atoms with E-state index in [9.17, 15) is 4.79 Å². The van der Waals surface area contributed by atoms with Crippen LogP contribution >= 0.6 is 34.5 Å². The third kappa shape index (κ3) is 3.63. The zero-order valence-corrected chi connectivity index (χ0v) is 18.8. The quantitative estimate of drug-likeness (QED) is 0.521. The van der Waals surface area contributed by atoms with Gasteiger partial charge in [0.1, 0.15) is 9.94 Å². The van der Waals surface area contributed by atoms with E-state index < -0.39 is 11.2 Å². The molecule has 2 aromatic rings. The summed E-state index contributed by atoms with van der Waals surface area (Å²) in [6.45, 7) is 11.8. The van der Waals surface area contributed by atoms with Crippen molar-refractivity contribution in [2.24, 2.45) is 0 Å². The van der Waals surface area contributed by atoms with E-state index in [4.69, 9.17) is 27.9 Å². The zero-order chi connectivity index (χ0) is 20.1. The first-order valence-corrected chi connectivity index (χ1v) is 10.6. The third-order valence-corrected chi connectivity index (χ3v) is 6.77. The van der Waals surface area contributed by atoms with Gasteiger partial charge in [-0.25, -0.2) is 0 Å². The number of ether oxygens (including phenoxy) is 1. The molecule has 0 spiro atoms. The predicted octanol–water partition coefficient (Wildman–Crippen LogP) is 7.21. The van der Waals surface area contributed by atoms with Crippen LogP contribution in [0.3, 0.4) is 0 Å². The zero-order valence-electron chi connectivity index (χ0n) is 16.5. The highest BCUT2D eigenvalue weighted by Crippen LogP contribution is 2.43. The molecule has 0 aliphatic carbocycles. The molecule has 27 heavy (non-hydrogen) atoms. The SMILES string of the molecule is CCc1cc(-c2cc(Cl)sc2Cl)ccc1C1=C(C)C(C)(C)OC(C)(C)C1=O. The second-order valence-corrected chi connectivity index (χ2v) is 10.2. The highest BCUT2D eigenvalue weighted by atomic mass is 35.5. The Labute approximate surface area is 175 Å². The molecule has 1 aliphatic rings. The summed E-state index contributed by atoms with van der Waals surface area (Å²) in [7, 11) is 0. The van der Waals surface area contributed by atoms with Crippen molar-refractivity contribution in [2.45, 2.75) is 59.2 Å². The Morgan fingerprint density at radius 3 is 2.26 bits per heavy atom. The number of halogens is 2. The standard InChI is InChI=1S/C22H24Cl2O2S/c1-7-13-10-14(16-11-17(23)27-20(16)24)8-9-15(13)18-12(2)21(3,4)26-22(5,6)19(18)25/h8-11H,7H2,1-6H3. The molecule has 2 nitrogen and oxygen atoms in total. The lowest BCUT2D eigenvalue weighted by Gasteiger charge is -2.42. The summed E-state index contributed by atoms with van der Waals surface area (Å²) in [5.74, 6) is 0.0263. The normalized spacial score (nSPS) is 18.9. The van der Waals surface area contributed by atoms with E-state index in [-0.39, 0.29) is 5.78 Å². The minimum absolute atomic E-state index is 0.0263. The van der Waals surface area contributed by atoms with E-state index in [1.807, 2.05) is 52.8 Å². The summed E-state index contributed by atoms with van der Waals surface area (Å²) in [4.78, 5) is 13.2. The molecule has 0 N–H and O–H groups in total. The summed E-state index contributed by atoms with van der Waals surface area (Å²) < 4.78 is 7.43. The molecule has 144 valence electrons. The molecular formula is C22H24Cl2O2S. The first-order chi connectivity index (χ1) is 12.5. The number of carbonyl (C=O) groups is 1. The number of hydrogen-bond donors (Lipinski definition) is 0. The number of ketones is 1. The minimum atomic E-state index is -0.855. The lowest BCUT2D eigenvalue weighted by molar-refractivity contribution is -0.152. The molecule has 3 rings (SSSR count). The van der Waals surface area contributed by atoms with Crippen molar-refractivity contribution in [1.29, 1.82) is 0 Å². The molecule has 0 atom stereocenters. The van der Waals surface area contributed by atoms with Gasteiger partial charge in [-0.3, -0.25) is 4.79 Å². The highest BCUT2D eigenvalue weighted by molar-refractivity contribution is 7.20. The molecule has 0 amide bonds. The second-order valence-electron chi connectivity index (χ2n) is 7.92. The van der Waals surface area contributed by atoms with E-state index in [1.54, 1.807) is 0 Å². The number of Topliss-reactive ketones (excluding diaryl/α,β-unsaturated/α-hetero) is 1. The van der Waals surface area contributed by atoms with Gasteiger partial charge in [-0.2, -0.15) is 0 Å². The largest absolute Gasteiger partial charge is 0.357 e. The van der Waals surface area contributed by atoms with Gasteiger partial charge < -0.3 is 4.74 Å². The van der Waals surface area contributed by atoms with Crippen LogP contribution < -0.4 is 0 Å². The molecule has 0 saturated carbocycles. The first kappa shape index (κ1) is 20.6. The van der Waals surface area contributed by atoms with Crippen LogP contribution in [-0.4, -0.2) is 17.0 Å². The van der Waals surface area contributed by atoms with Crippen molar-refractivity contribution in [3.8, 4) is 11.1 Å². The molecule has 2 heterocycles. The fraction of sp³-hybridized carbons (Fsp3) is 0.409. The Morgan fingerprint density at radius 1 is 1.04 bits per heavy atom. The molecule has 0 fully saturated rings. The van der Waals surface area contributed by atoms with E-state index in [0.717, 1.165) is 39.8 Å². The van der Waals surface area contributed by atoms with Crippen LogP contribution in [0.2, 0.25) is 8.67 Å². The lowest BCUT2D eigenvalue weighted by atomic mass is 9.78. The van der Waals surface area contributed by atoms with E-state index >= 15 is 0 Å². The maximum Gasteiger partial charge on any atom is 0.194 e. The van der Waals surface area contributed by atoms with Crippen molar-refractivity contribution in [3.05, 3.63) is 49.6 Å². The van der Waals surface area contributed by atoms with Gasteiger partial charge in [0.2, 0.25) is 0 Å². The lowest BCUT2D eigenvalue weighted by Crippen LogP contribution is -2.49. The van der Waals surface area contributed by atoms with Crippen molar-refractivity contribution >= 4 is 45.9 Å². The molecular weight excluding hydrogens is 399 g/mol. The average molecular weight is 423 g/mol. The minimum Gasteiger partial charge on any atom is -0.357 e. The van der Waals surface area contributed by atoms with E-state index in [1.165, 1.54) is 11.3 Å². The van der Waals surface area contributed by atoms with Crippen LogP contribution in [0.25, 0.3) is 16.7 Å². The third-order valence-electron chi connectivity index (χ3n) is 5.29. The van der Waals surface area contributed by atoms with Gasteiger partial charge in [0.15, 0.2) is 5.78 Å². The van der Waals surface area contributed by atoms with E-state index in [0.29, 0.717) is 8.67 Å². The summed E-state index contributed by atoms with van der Waals surface area (Å²) in [5.41, 5.74) is 4.41. The first-order valence-electron chi connectivity index (χ1n) is 9.02. The van der Waals surface area contributed by atoms with Gasteiger partial charge in [-0.05, 0) is 69.4 Å². The van der Waals surface area contributed by atoms with Gasteiger partial charge in [0.25, 0.3) is 0 Å². The number of benzene rings is 1. The summed E-state index contributed by atoms with van der Waals surface area (Å²) in [6, 6.07) is 8.05. The molecule has 0 radical (unpaired) electrons. The average Bonchev–Trinajstić information content (AvgIpc) is 2.91. The number of hydrogen-bond acceptors (Lipinski definition) is 3. The number of carbonyl (C=O) groups excluding carboxylic acids is 1.